The van der Waals surface area contributed by atoms with Crippen molar-refractivity contribution in [3.05, 3.63) is 30.7 Å². The number of hydrogen-bond donors (Lipinski definition) is 0. The van der Waals surface area contributed by atoms with Gasteiger partial charge in [0.05, 0.1) is 0 Å². The van der Waals surface area contributed by atoms with Crippen molar-refractivity contribution < 1.29 is 0 Å². The van der Waals surface area contributed by atoms with E-state index in [4.69, 9.17) is 0 Å². The van der Waals surface area contributed by atoms with E-state index in [1.165, 1.54) is 9.79 Å². The molecular formula is C9H11S2. The summed E-state index contributed by atoms with van der Waals surface area (Å²) in [4.78, 5) is 2.59. The average molecular weight is 183 g/mol. The monoisotopic (exact) mass is 183 g/mol. The van der Waals surface area contributed by atoms with E-state index in [1.54, 1.807) is 23.5 Å². The van der Waals surface area contributed by atoms with Gasteiger partial charge in [-0.3, -0.25) is 0 Å². The van der Waals surface area contributed by atoms with Gasteiger partial charge in [0.1, 0.15) is 0 Å². The topological polar surface area (TPSA) is 0 Å². The van der Waals surface area contributed by atoms with Crippen LogP contribution < -0.4 is 0 Å². The molecule has 0 amide bonds. The quantitative estimate of drug-likeness (QED) is 0.645. The van der Waals surface area contributed by atoms with Crippen molar-refractivity contribution >= 4 is 23.5 Å². The third-order valence-electron chi connectivity index (χ3n) is 1.41. The van der Waals surface area contributed by atoms with Crippen LogP contribution in [0.4, 0.5) is 0 Å². The molecule has 0 aliphatic rings. The van der Waals surface area contributed by atoms with Crippen LogP contribution in [0.2, 0.25) is 0 Å². The standard InChI is InChI=1S/C9H11S2/c1-7-4-8(10-2)6-9(5-7)11-3/h4-6H,1H2,2-3H3. The summed E-state index contributed by atoms with van der Waals surface area (Å²) in [6, 6.07) is 6.39. The van der Waals surface area contributed by atoms with E-state index in [1.807, 2.05) is 0 Å². The molecule has 0 N–H and O–H groups in total. The molecule has 0 nitrogen and oxygen atoms in total. The Labute approximate surface area is 76.8 Å². The summed E-state index contributed by atoms with van der Waals surface area (Å²) in [6.45, 7) is 3.91. The van der Waals surface area contributed by atoms with Crippen LogP contribution in [-0.2, 0) is 0 Å². The first-order valence-corrected chi connectivity index (χ1v) is 5.76. The predicted molar refractivity (Wildman–Crippen MR) is 54.5 cm³/mol. The molecule has 11 heavy (non-hydrogen) atoms. The summed E-state index contributed by atoms with van der Waals surface area (Å²) in [5, 5.41) is 0. The smallest absolute Gasteiger partial charge is 0.00830 e. The first kappa shape index (κ1) is 9.01. The highest BCUT2D eigenvalue weighted by atomic mass is 32.2. The van der Waals surface area contributed by atoms with Gasteiger partial charge in [-0.15, -0.1) is 23.5 Å². The van der Waals surface area contributed by atoms with Gasteiger partial charge in [0.2, 0.25) is 0 Å². The van der Waals surface area contributed by atoms with Crippen LogP contribution in [0.25, 0.3) is 0 Å². The summed E-state index contributed by atoms with van der Waals surface area (Å²) in [5.41, 5.74) is 1.10. The molecule has 1 rings (SSSR count). The number of thioether (sulfide) groups is 2. The van der Waals surface area contributed by atoms with Gasteiger partial charge < -0.3 is 0 Å². The van der Waals surface area contributed by atoms with E-state index in [-0.39, 0.29) is 0 Å². The van der Waals surface area contributed by atoms with Gasteiger partial charge in [0, 0.05) is 9.79 Å². The third-order valence-corrected chi connectivity index (χ3v) is 2.83. The molecule has 1 radical (unpaired) electrons. The Hall–Kier alpha value is -0.0800. The highest BCUT2D eigenvalue weighted by molar-refractivity contribution is 7.99. The number of hydrogen-bond acceptors (Lipinski definition) is 2. The fourth-order valence-electron chi connectivity index (χ4n) is 0.866. The third kappa shape index (κ3) is 2.46. The Morgan fingerprint density at radius 3 is 1.82 bits per heavy atom. The van der Waals surface area contributed by atoms with E-state index in [0.29, 0.717) is 0 Å². The second-order valence-corrected chi connectivity index (χ2v) is 3.98. The summed E-state index contributed by atoms with van der Waals surface area (Å²) in [6.07, 6.45) is 4.16. The fourth-order valence-corrected chi connectivity index (χ4v) is 1.97. The van der Waals surface area contributed by atoms with Crippen molar-refractivity contribution in [2.45, 2.75) is 9.79 Å². The maximum absolute atomic E-state index is 3.91. The summed E-state index contributed by atoms with van der Waals surface area (Å²) >= 11 is 3.52. The predicted octanol–water partition coefficient (Wildman–Crippen LogP) is 3.31. The molecule has 0 bridgehead atoms. The maximum Gasteiger partial charge on any atom is 0.00830 e. The zero-order valence-electron chi connectivity index (χ0n) is 6.76. The van der Waals surface area contributed by atoms with Gasteiger partial charge >= 0.3 is 0 Å². The maximum atomic E-state index is 3.91. The van der Waals surface area contributed by atoms with Gasteiger partial charge in [-0.1, -0.05) is 0 Å². The van der Waals surface area contributed by atoms with Crippen LogP contribution in [0.15, 0.2) is 28.0 Å². The lowest BCUT2D eigenvalue weighted by Gasteiger charge is -2.01. The lowest BCUT2D eigenvalue weighted by atomic mass is 10.2. The Balaban J connectivity index is 3.02. The average Bonchev–Trinajstić information content (AvgIpc) is 2.03. The summed E-state index contributed by atoms with van der Waals surface area (Å²) in [5.74, 6) is 0. The molecular weight excluding hydrogens is 172 g/mol. The zero-order chi connectivity index (χ0) is 8.27. The largest absolute Gasteiger partial charge is 0.130 e. The van der Waals surface area contributed by atoms with Gasteiger partial charge in [-0.2, -0.15) is 0 Å². The van der Waals surface area contributed by atoms with Crippen LogP contribution in [0.1, 0.15) is 5.56 Å². The molecule has 1 aromatic carbocycles. The van der Waals surface area contributed by atoms with Crippen LogP contribution in [0.3, 0.4) is 0 Å². The Morgan fingerprint density at radius 2 is 1.45 bits per heavy atom. The first-order valence-electron chi connectivity index (χ1n) is 3.31. The van der Waals surface area contributed by atoms with Gasteiger partial charge in [-0.25, -0.2) is 0 Å². The van der Waals surface area contributed by atoms with E-state index >= 15 is 0 Å². The van der Waals surface area contributed by atoms with Gasteiger partial charge in [0.15, 0.2) is 0 Å². The summed E-state index contributed by atoms with van der Waals surface area (Å²) < 4.78 is 0. The highest BCUT2D eigenvalue weighted by Gasteiger charge is 1.95. The van der Waals surface area contributed by atoms with E-state index in [0.717, 1.165) is 5.56 Å². The molecule has 0 unspecified atom stereocenters. The van der Waals surface area contributed by atoms with Crippen molar-refractivity contribution in [2.24, 2.45) is 0 Å². The molecule has 0 saturated carbocycles. The highest BCUT2D eigenvalue weighted by Crippen LogP contribution is 2.23. The van der Waals surface area contributed by atoms with E-state index < -0.39 is 0 Å². The molecule has 0 aliphatic heterocycles. The lowest BCUT2D eigenvalue weighted by Crippen LogP contribution is -1.77. The molecule has 0 atom stereocenters. The Morgan fingerprint density at radius 1 is 1.00 bits per heavy atom. The number of rotatable bonds is 2. The molecule has 0 spiro atoms. The van der Waals surface area contributed by atoms with Gasteiger partial charge in [-0.05, 0) is 43.2 Å². The molecule has 59 valence electrons. The first-order chi connectivity index (χ1) is 5.26. The lowest BCUT2D eigenvalue weighted by molar-refractivity contribution is 1.31. The van der Waals surface area contributed by atoms with Crippen molar-refractivity contribution in [1.29, 1.82) is 0 Å². The minimum absolute atomic E-state index is 1.10. The van der Waals surface area contributed by atoms with Crippen LogP contribution >= 0.6 is 23.5 Å². The molecule has 2 heteroatoms. The SMILES string of the molecule is [CH2]c1cc(SC)cc(SC)c1. The van der Waals surface area contributed by atoms with Crippen LogP contribution in [-0.4, -0.2) is 12.5 Å². The molecule has 0 aromatic heterocycles. The normalized spacial score (nSPS) is 10.1. The second kappa shape index (κ2) is 4.07. The number of benzene rings is 1. The zero-order valence-corrected chi connectivity index (χ0v) is 8.39. The van der Waals surface area contributed by atoms with Gasteiger partial charge in [0.25, 0.3) is 0 Å². The van der Waals surface area contributed by atoms with Crippen LogP contribution in [0, 0.1) is 6.92 Å². The minimum atomic E-state index is 1.10. The molecule has 0 fully saturated rings. The summed E-state index contributed by atoms with van der Waals surface area (Å²) in [7, 11) is 0. The van der Waals surface area contributed by atoms with E-state index in [2.05, 4.69) is 37.6 Å². The molecule has 0 heterocycles. The molecule has 0 aliphatic carbocycles. The van der Waals surface area contributed by atoms with Crippen molar-refractivity contribution in [3.63, 3.8) is 0 Å². The fraction of sp³-hybridized carbons (Fsp3) is 0.222. The van der Waals surface area contributed by atoms with E-state index in [9.17, 15) is 0 Å². The molecule has 1 aromatic rings. The minimum Gasteiger partial charge on any atom is -0.130 e. The van der Waals surface area contributed by atoms with Crippen molar-refractivity contribution in [1.82, 2.24) is 0 Å². The Kier molecular flexibility index (Phi) is 3.34. The van der Waals surface area contributed by atoms with Crippen LogP contribution in [0.5, 0.6) is 0 Å². The second-order valence-electron chi connectivity index (χ2n) is 2.22. The Bertz CT molecular complexity index is 221. The van der Waals surface area contributed by atoms with Crippen molar-refractivity contribution in [2.75, 3.05) is 12.5 Å². The molecule has 0 saturated heterocycles. The van der Waals surface area contributed by atoms with Crippen molar-refractivity contribution in [3.8, 4) is 0 Å².